The number of fused-ring (bicyclic) bond motifs is 1. The lowest BCUT2D eigenvalue weighted by molar-refractivity contribution is 0.181. The standard InChI is InChI=1S/C20H23N3OS/c1-24-18-9-5-8-17-19(18)21-20(25)23(17)16-10-12-22(13-11-16)14-15-6-3-2-4-7-15/h2-9,16H,10-14H2,1H3,(H,21,25). The van der Waals surface area contributed by atoms with Crippen molar-refractivity contribution in [3.63, 3.8) is 0 Å². The van der Waals surface area contributed by atoms with Crippen molar-refractivity contribution in [1.82, 2.24) is 14.5 Å². The van der Waals surface area contributed by atoms with Crippen LogP contribution in [0.2, 0.25) is 0 Å². The van der Waals surface area contributed by atoms with Crippen molar-refractivity contribution in [2.75, 3.05) is 20.2 Å². The van der Waals surface area contributed by atoms with Crippen LogP contribution in [0.5, 0.6) is 5.75 Å². The molecular weight excluding hydrogens is 330 g/mol. The Morgan fingerprint density at radius 2 is 1.84 bits per heavy atom. The lowest BCUT2D eigenvalue weighted by Crippen LogP contribution is -2.34. The Labute approximate surface area is 153 Å². The first kappa shape index (κ1) is 16.4. The number of methoxy groups -OCH3 is 1. The fourth-order valence-electron chi connectivity index (χ4n) is 3.83. The molecule has 1 aliphatic rings. The Balaban J connectivity index is 1.52. The van der Waals surface area contributed by atoms with E-state index in [0.717, 1.165) is 54.0 Å². The maximum Gasteiger partial charge on any atom is 0.178 e. The van der Waals surface area contributed by atoms with Crippen molar-refractivity contribution in [2.45, 2.75) is 25.4 Å². The normalized spacial score (nSPS) is 16.4. The predicted octanol–water partition coefficient (Wildman–Crippen LogP) is 4.54. The Morgan fingerprint density at radius 1 is 1.08 bits per heavy atom. The monoisotopic (exact) mass is 353 g/mol. The van der Waals surface area contributed by atoms with E-state index in [1.807, 2.05) is 12.1 Å². The fourth-order valence-corrected chi connectivity index (χ4v) is 4.18. The van der Waals surface area contributed by atoms with Gasteiger partial charge in [-0.25, -0.2) is 0 Å². The molecule has 0 amide bonds. The molecule has 25 heavy (non-hydrogen) atoms. The molecule has 2 heterocycles. The Bertz CT molecular complexity index is 908. The summed E-state index contributed by atoms with van der Waals surface area (Å²) in [5.41, 5.74) is 3.53. The van der Waals surface area contributed by atoms with E-state index in [4.69, 9.17) is 17.0 Å². The van der Waals surface area contributed by atoms with Gasteiger partial charge in [0.2, 0.25) is 0 Å². The van der Waals surface area contributed by atoms with Crippen LogP contribution in [0, 0.1) is 4.77 Å². The molecule has 0 unspecified atom stereocenters. The van der Waals surface area contributed by atoms with Crippen molar-refractivity contribution in [3.05, 3.63) is 58.9 Å². The second kappa shape index (κ2) is 7.02. The maximum absolute atomic E-state index is 5.61. The van der Waals surface area contributed by atoms with Crippen LogP contribution in [0.25, 0.3) is 11.0 Å². The lowest BCUT2D eigenvalue weighted by atomic mass is 10.0. The molecule has 0 radical (unpaired) electrons. The summed E-state index contributed by atoms with van der Waals surface area (Å²) < 4.78 is 8.54. The summed E-state index contributed by atoms with van der Waals surface area (Å²) in [6.07, 6.45) is 2.23. The minimum Gasteiger partial charge on any atom is -0.494 e. The fraction of sp³-hybridized carbons (Fsp3) is 0.350. The number of benzene rings is 2. The highest BCUT2D eigenvalue weighted by atomic mass is 32.1. The third-order valence-corrected chi connectivity index (χ3v) is 5.40. The second-order valence-electron chi connectivity index (χ2n) is 6.65. The van der Waals surface area contributed by atoms with E-state index in [0.29, 0.717) is 6.04 Å². The van der Waals surface area contributed by atoms with Gasteiger partial charge in [0.1, 0.15) is 11.3 Å². The van der Waals surface area contributed by atoms with E-state index in [2.05, 4.69) is 50.8 Å². The number of likely N-dealkylation sites (tertiary alicyclic amines) is 1. The van der Waals surface area contributed by atoms with Gasteiger partial charge in [0, 0.05) is 25.7 Å². The van der Waals surface area contributed by atoms with Crippen LogP contribution in [0.15, 0.2) is 48.5 Å². The van der Waals surface area contributed by atoms with E-state index in [1.54, 1.807) is 7.11 Å². The topological polar surface area (TPSA) is 33.2 Å². The number of piperidine rings is 1. The Morgan fingerprint density at radius 3 is 2.56 bits per heavy atom. The molecule has 1 fully saturated rings. The summed E-state index contributed by atoms with van der Waals surface area (Å²) in [7, 11) is 1.70. The first-order valence-electron chi connectivity index (χ1n) is 8.80. The molecule has 3 aromatic rings. The SMILES string of the molecule is COc1cccc2c1[nH]c(=S)n2C1CCN(Cc2ccccc2)CC1. The molecule has 4 nitrogen and oxygen atoms in total. The molecule has 130 valence electrons. The van der Waals surface area contributed by atoms with Crippen molar-refractivity contribution < 1.29 is 4.74 Å². The van der Waals surface area contributed by atoms with Gasteiger partial charge in [0.15, 0.2) is 4.77 Å². The van der Waals surface area contributed by atoms with Gasteiger partial charge >= 0.3 is 0 Å². The third kappa shape index (κ3) is 3.22. The number of hydrogen-bond donors (Lipinski definition) is 1. The van der Waals surface area contributed by atoms with Crippen LogP contribution in [-0.4, -0.2) is 34.7 Å². The van der Waals surface area contributed by atoms with Gasteiger partial charge in [-0.05, 0) is 42.8 Å². The summed E-state index contributed by atoms with van der Waals surface area (Å²) in [6.45, 7) is 3.22. The summed E-state index contributed by atoms with van der Waals surface area (Å²) in [5.74, 6) is 0.851. The van der Waals surface area contributed by atoms with Crippen LogP contribution in [-0.2, 0) is 6.54 Å². The van der Waals surface area contributed by atoms with Crippen molar-refractivity contribution in [3.8, 4) is 5.75 Å². The summed E-state index contributed by atoms with van der Waals surface area (Å²) in [6, 6.07) is 17.3. The molecule has 0 spiro atoms. The number of nitrogens with one attached hydrogen (secondary N) is 1. The highest BCUT2D eigenvalue weighted by Gasteiger charge is 2.23. The minimum atomic E-state index is 0.445. The first-order valence-corrected chi connectivity index (χ1v) is 9.20. The lowest BCUT2D eigenvalue weighted by Gasteiger charge is -2.33. The van der Waals surface area contributed by atoms with Crippen molar-refractivity contribution >= 4 is 23.3 Å². The van der Waals surface area contributed by atoms with Crippen molar-refractivity contribution in [1.29, 1.82) is 0 Å². The van der Waals surface area contributed by atoms with E-state index < -0.39 is 0 Å². The average molecular weight is 353 g/mol. The summed E-state index contributed by atoms with van der Waals surface area (Å²) in [5, 5.41) is 0. The van der Waals surface area contributed by atoms with Gasteiger partial charge in [-0.1, -0.05) is 36.4 Å². The van der Waals surface area contributed by atoms with Gasteiger partial charge in [0.05, 0.1) is 12.6 Å². The third-order valence-electron chi connectivity index (χ3n) is 5.11. The molecule has 2 aromatic carbocycles. The molecule has 0 saturated carbocycles. The molecule has 1 saturated heterocycles. The van der Waals surface area contributed by atoms with Crippen LogP contribution in [0.3, 0.4) is 0 Å². The molecule has 0 aliphatic carbocycles. The predicted molar refractivity (Wildman–Crippen MR) is 104 cm³/mol. The molecule has 0 bridgehead atoms. The molecular formula is C20H23N3OS. The number of nitrogens with zero attached hydrogens (tertiary/aromatic N) is 2. The van der Waals surface area contributed by atoms with Crippen LogP contribution < -0.4 is 4.74 Å². The Hall–Kier alpha value is -2.11. The molecule has 0 atom stereocenters. The number of para-hydroxylation sites is 1. The zero-order valence-corrected chi connectivity index (χ0v) is 15.3. The van der Waals surface area contributed by atoms with E-state index >= 15 is 0 Å². The van der Waals surface area contributed by atoms with Gasteiger partial charge in [0.25, 0.3) is 0 Å². The van der Waals surface area contributed by atoms with E-state index in [9.17, 15) is 0 Å². The van der Waals surface area contributed by atoms with Crippen LogP contribution >= 0.6 is 12.2 Å². The number of hydrogen-bond acceptors (Lipinski definition) is 3. The number of imidazole rings is 1. The molecule has 1 aromatic heterocycles. The van der Waals surface area contributed by atoms with Gasteiger partial charge in [-0.15, -0.1) is 0 Å². The van der Waals surface area contributed by atoms with Gasteiger partial charge < -0.3 is 14.3 Å². The minimum absolute atomic E-state index is 0.445. The molecule has 5 heteroatoms. The summed E-state index contributed by atoms with van der Waals surface area (Å²) >= 11 is 5.61. The van der Waals surface area contributed by atoms with E-state index in [1.165, 1.54) is 5.56 Å². The average Bonchev–Trinajstić information content (AvgIpc) is 2.99. The number of aromatic amines is 1. The summed E-state index contributed by atoms with van der Waals surface area (Å²) in [4.78, 5) is 5.87. The smallest absolute Gasteiger partial charge is 0.178 e. The molecule has 1 N–H and O–H groups in total. The molecule has 4 rings (SSSR count). The number of aromatic nitrogens is 2. The molecule has 1 aliphatic heterocycles. The van der Waals surface area contributed by atoms with Crippen LogP contribution in [0.4, 0.5) is 0 Å². The highest BCUT2D eigenvalue weighted by molar-refractivity contribution is 7.71. The maximum atomic E-state index is 5.61. The zero-order chi connectivity index (χ0) is 17.2. The quantitative estimate of drug-likeness (QED) is 0.699. The van der Waals surface area contributed by atoms with Crippen LogP contribution in [0.1, 0.15) is 24.4 Å². The van der Waals surface area contributed by atoms with E-state index in [-0.39, 0.29) is 0 Å². The van der Waals surface area contributed by atoms with Crippen molar-refractivity contribution in [2.24, 2.45) is 0 Å². The Kier molecular flexibility index (Phi) is 4.59. The number of H-pyrrole nitrogens is 1. The first-order chi connectivity index (χ1) is 12.3. The zero-order valence-electron chi connectivity index (χ0n) is 14.4. The highest BCUT2D eigenvalue weighted by Crippen LogP contribution is 2.31. The number of ether oxygens (including phenoxy) is 1. The van der Waals surface area contributed by atoms with Gasteiger partial charge in [-0.2, -0.15) is 0 Å². The largest absolute Gasteiger partial charge is 0.494 e. The van der Waals surface area contributed by atoms with Gasteiger partial charge in [-0.3, -0.25) is 4.90 Å². The number of rotatable bonds is 4. The second-order valence-corrected chi connectivity index (χ2v) is 7.03.